The van der Waals surface area contributed by atoms with E-state index in [1.165, 1.54) is 63.4 Å². The molecule has 1 rings (SSSR count). The largest absolute Gasteiger partial charge is 0.465 e. The standard InChI is InChI=1S/C27H44O4/c1-4-5-6-7-8-9-10-11-12-13-17-22-30-25(28)27(2,3)26(29)31-23-18-21-24-19-15-14-16-20-24/h14-16,19-20H,4-13,17-18,21-23H2,1-3H3. The summed E-state index contributed by atoms with van der Waals surface area (Å²) in [5.41, 5.74) is -0.0472. The van der Waals surface area contributed by atoms with Crippen LogP contribution in [-0.2, 0) is 25.5 Å². The lowest BCUT2D eigenvalue weighted by Crippen LogP contribution is -2.37. The van der Waals surface area contributed by atoms with Gasteiger partial charge in [0.25, 0.3) is 0 Å². The monoisotopic (exact) mass is 432 g/mol. The van der Waals surface area contributed by atoms with Gasteiger partial charge >= 0.3 is 11.9 Å². The molecular formula is C27H44O4. The van der Waals surface area contributed by atoms with Crippen LogP contribution in [0.1, 0.15) is 103 Å². The Kier molecular flexibility index (Phi) is 14.7. The molecule has 0 N–H and O–H groups in total. The third-order valence-electron chi connectivity index (χ3n) is 5.69. The van der Waals surface area contributed by atoms with Crippen molar-refractivity contribution in [1.82, 2.24) is 0 Å². The zero-order valence-electron chi connectivity index (χ0n) is 20.1. The highest BCUT2D eigenvalue weighted by Crippen LogP contribution is 2.20. The van der Waals surface area contributed by atoms with Gasteiger partial charge in [0, 0.05) is 0 Å². The zero-order chi connectivity index (χ0) is 22.8. The number of benzene rings is 1. The zero-order valence-corrected chi connectivity index (χ0v) is 20.1. The van der Waals surface area contributed by atoms with E-state index in [4.69, 9.17) is 9.47 Å². The Hall–Kier alpha value is -1.84. The minimum absolute atomic E-state index is 0.309. The van der Waals surface area contributed by atoms with Gasteiger partial charge in [0.1, 0.15) is 0 Å². The molecule has 0 radical (unpaired) electrons. The topological polar surface area (TPSA) is 52.6 Å². The number of ether oxygens (including phenoxy) is 2. The smallest absolute Gasteiger partial charge is 0.322 e. The quantitative estimate of drug-likeness (QED) is 0.142. The first-order chi connectivity index (χ1) is 15.0. The van der Waals surface area contributed by atoms with Crippen LogP contribution in [0.25, 0.3) is 0 Å². The SMILES string of the molecule is CCCCCCCCCCCCCOC(=O)C(C)(C)C(=O)OCCCc1ccccc1. The molecule has 1 aromatic carbocycles. The summed E-state index contributed by atoms with van der Waals surface area (Å²) >= 11 is 0. The van der Waals surface area contributed by atoms with Gasteiger partial charge in [-0.05, 0) is 38.7 Å². The molecule has 4 nitrogen and oxygen atoms in total. The summed E-state index contributed by atoms with van der Waals surface area (Å²) in [5.74, 6) is -1.00. The average Bonchev–Trinajstić information content (AvgIpc) is 2.77. The van der Waals surface area contributed by atoms with Crippen molar-refractivity contribution in [2.45, 2.75) is 104 Å². The van der Waals surface area contributed by atoms with Crippen LogP contribution in [0.2, 0.25) is 0 Å². The molecule has 0 atom stereocenters. The fraction of sp³-hybridized carbons (Fsp3) is 0.704. The fourth-order valence-corrected chi connectivity index (χ4v) is 3.46. The predicted octanol–water partition coefficient (Wildman–Crippen LogP) is 7.04. The van der Waals surface area contributed by atoms with Crippen molar-refractivity contribution in [3.05, 3.63) is 35.9 Å². The Bertz CT molecular complexity index is 595. The van der Waals surface area contributed by atoms with Gasteiger partial charge in [0.15, 0.2) is 5.41 Å². The van der Waals surface area contributed by atoms with E-state index >= 15 is 0 Å². The number of hydrogen-bond donors (Lipinski definition) is 0. The molecule has 0 heterocycles. The van der Waals surface area contributed by atoms with Crippen molar-refractivity contribution < 1.29 is 19.1 Å². The van der Waals surface area contributed by atoms with E-state index in [0.29, 0.717) is 13.2 Å². The summed E-state index contributed by atoms with van der Waals surface area (Å²) < 4.78 is 10.7. The average molecular weight is 433 g/mol. The molecular weight excluding hydrogens is 388 g/mol. The van der Waals surface area contributed by atoms with Crippen LogP contribution in [0.15, 0.2) is 30.3 Å². The van der Waals surface area contributed by atoms with Crippen molar-refractivity contribution >= 4 is 11.9 Å². The second-order valence-corrected chi connectivity index (χ2v) is 9.02. The van der Waals surface area contributed by atoms with Crippen LogP contribution in [0.4, 0.5) is 0 Å². The van der Waals surface area contributed by atoms with E-state index < -0.39 is 17.4 Å². The summed E-state index contributed by atoms with van der Waals surface area (Å²) in [5, 5.41) is 0. The first kappa shape index (κ1) is 27.2. The first-order valence-corrected chi connectivity index (χ1v) is 12.4. The normalized spacial score (nSPS) is 11.3. The Morgan fingerprint density at radius 3 is 1.65 bits per heavy atom. The molecule has 0 aliphatic heterocycles. The van der Waals surface area contributed by atoms with Crippen LogP contribution >= 0.6 is 0 Å². The number of unbranched alkanes of at least 4 members (excludes halogenated alkanes) is 10. The lowest BCUT2D eigenvalue weighted by atomic mass is 9.94. The number of esters is 2. The fourth-order valence-electron chi connectivity index (χ4n) is 3.46. The van der Waals surface area contributed by atoms with Crippen molar-refractivity contribution in [3.8, 4) is 0 Å². The minimum atomic E-state index is -1.26. The predicted molar refractivity (Wildman–Crippen MR) is 127 cm³/mol. The molecule has 0 unspecified atom stereocenters. The molecule has 31 heavy (non-hydrogen) atoms. The molecule has 0 aliphatic rings. The van der Waals surface area contributed by atoms with Crippen LogP contribution < -0.4 is 0 Å². The molecule has 0 spiro atoms. The number of aryl methyl sites for hydroxylation is 1. The molecule has 0 aliphatic carbocycles. The van der Waals surface area contributed by atoms with E-state index in [0.717, 1.165) is 25.7 Å². The first-order valence-electron chi connectivity index (χ1n) is 12.4. The van der Waals surface area contributed by atoms with E-state index in [1.54, 1.807) is 13.8 Å². The lowest BCUT2D eigenvalue weighted by Gasteiger charge is -2.20. The van der Waals surface area contributed by atoms with Crippen molar-refractivity contribution in [2.24, 2.45) is 5.41 Å². The van der Waals surface area contributed by atoms with E-state index in [2.05, 4.69) is 19.1 Å². The third-order valence-corrected chi connectivity index (χ3v) is 5.69. The Morgan fingerprint density at radius 2 is 1.13 bits per heavy atom. The molecule has 0 aromatic heterocycles. The van der Waals surface area contributed by atoms with E-state index in [1.807, 2.05) is 18.2 Å². The van der Waals surface area contributed by atoms with Gasteiger partial charge in [0.2, 0.25) is 0 Å². The van der Waals surface area contributed by atoms with Gasteiger partial charge < -0.3 is 9.47 Å². The number of rotatable bonds is 18. The van der Waals surface area contributed by atoms with Crippen LogP contribution in [-0.4, -0.2) is 25.2 Å². The summed E-state index contributed by atoms with van der Waals surface area (Å²) in [7, 11) is 0. The van der Waals surface area contributed by atoms with E-state index in [9.17, 15) is 9.59 Å². The second-order valence-electron chi connectivity index (χ2n) is 9.02. The maximum Gasteiger partial charge on any atom is 0.322 e. The van der Waals surface area contributed by atoms with Gasteiger partial charge in [-0.1, -0.05) is 101 Å². The summed E-state index contributed by atoms with van der Waals surface area (Å²) in [4.78, 5) is 24.6. The molecule has 0 saturated heterocycles. The Labute approximate surface area is 190 Å². The highest BCUT2D eigenvalue weighted by Gasteiger charge is 2.39. The van der Waals surface area contributed by atoms with Gasteiger partial charge in [-0.15, -0.1) is 0 Å². The molecule has 0 saturated carbocycles. The number of carbonyl (C=O) groups is 2. The van der Waals surface area contributed by atoms with E-state index in [-0.39, 0.29) is 0 Å². The highest BCUT2D eigenvalue weighted by molar-refractivity contribution is 5.99. The Balaban J connectivity index is 2.05. The highest BCUT2D eigenvalue weighted by atomic mass is 16.6. The Morgan fingerprint density at radius 1 is 0.677 bits per heavy atom. The van der Waals surface area contributed by atoms with Crippen molar-refractivity contribution in [1.29, 1.82) is 0 Å². The summed E-state index contributed by atoms with van der Waals surface area (Å²) in [6.07, 6.45) is 15.3. The van der Waals surface area contributed by atoms with Crippen molar-refractivity contribution in [3.63, 3.8) is 0 Å². The second kappa shape index (κ2) is 16.8. The van der Waals surface area contributed by atoms with Gasteiger partial charge in [-0.2, -0.15) is 0 Å². The van der Waals surface area contributed by atoms with Gasteiger partial charge in [0.05, 0.1) is 13.2 Å². The molecule has 4 heteroatoms. The molecule has 0 fully saturated rings. The third kappa shape index (κ3) is 12.6. The van der Waals surface area contributed by atoms with Crippen LogP contribution in [0.3, 0.4) is 0 Å². The van der Waals surface area contributed by atoms with Crippen LogP contribution in [0.5, 0.6) is 0 Å². The van der Waals surface area contributed by atoms with Gasteiger partial charge in [-0.3, -0.25) is 9.59 Å². The summed E-state index contributed by atoms with van der Waals surface area (Å²) in [6.45, 7) is 6.09. The van der Waals surface area contributed by atoms with Gasteiger partial charge in [-0.25, -0.2) is 0 Å². The lowest BCUT2D eigenvalue weighted by molar-refractivity contribution is -0.169. The number of carbonyl (C=O) groups excluding carboxylic acids is 2. The maximum absolute atomic E-state index is 12.3. The van der Waals surface area contributed by atoms with Crippen LogP contribution in [0, 0.1) is 5.41 Å². The summed E-state index contributed by atoms with van der Waals surface area (Å²) in [6, 6.07) is 10.1. The molecule has 0 amide bonds. The molecule has 0 bridgehead atoms. The number of hydrogen-bond acceptors (Lipinski definition) is 4. The maximum atomic E-state index is 12.3. The molecule has 176 valence electrons. The molecule has 1 aromatic rings. The minimum Gasteiger partial charge on any atom is -0.465 e. The van der Waals surface area contributed by atoms with Crippen molar-refractivity contribution in [2.75, 3.05) is 13.2 Å².